The van der Waals surface area contributed by atoms with Crippen molar-refractivity contribution in [2.45, 2.75) is 116 Å². The standard InChI is InChI=1S/C31H60NO7P/c1-6-8-10-11-12-13-14-15-16-17-18-19-20-21-22-23-26-36-28-30(39-31(33)24-9-7-2)29-38-40(34,35)37-27-25-32(3,4)5/h12-13,15-16,30H,6-11,14,17-29H2,1-5H3/p+1/b13-12-,16-15-. The van der Waals surface area contributed by atoms with Gasteiger partial charge in [-0.3, -0.25) is 13.8 Å². The van der Waals surface area contributed by atoms with Gasteiger partial charge in [0, 0.05) is 13.0 Å². The molecule has 0 fully saturated rings. The van der Waals surface area contributed by atoms with Gasteiger partial charge in [-0.05, 0) is 44.9 Å². The average Bonchev–Trinajstić information content (AvgIpc) is 2.88. The maximum absolute atomic E-state index is 12.2. The lowest BCUT2D eigenvalue weighted by molar-refractivity contribution is -0.870. The minimum absolute atomic E-state index is 0.0856. The number of esters is 1. The lowest BCUT2D eigenvalue weighted by Crippen LogP contribution is -2.37. The molecule has 8 nitrogen and oxygen atoms in total. The number of phosphoric ester groups is 1. The minimum atomic E-state index is -4.24. The fourth-order valence-corrected chi connectivity index (χ4v) is 4.48. The number of hydrogen-bond donors (Lipinski definition) is 1. The lowest BCUT2D eigenvalue weighted by atomic mass is 10.1. The number of rotatable bonds is 28. The van der Waals surface area contributed by atoms with Crippen molar-refractivity contribution in [2.24, 2.45) is 0 Å². The Bertz CT molecular complexity index is 706. The molecule has 0 radical (unpaired) electrons. The van der Waals surface area contributed by atoms with Crippen molar-refractivity contribution in [1.29, 1.82) is 0 Å². The van der Waals surface area contributed by atoms with E-state index in [1.54, 1.807) is 0 Å². The molecule has 236 valence electrons. The highest BCUT2D eigenvalue weighted by atomic mass is 31.2. The van der Waals surface area contributed by atoms with Crippen LogP contribution < -0.4 is 0 Å². The van der Waals surface area contributed by atoms with E-state index in [0.717, 1.165) is 38.5 Å². The number of nitrogens with zero attached hydrogens (tertiary/aromatic N) is 1. The molecular formula is C31H61NO7P+. The molecule has 2 atom stereocenters. The highest BCUT2D eigenvalue weighted by Crippen LogP contribution is 2.43. The zero-order valence-corrected chi connectivity index (χ0v) is 27.2. The fraction of sp³-hybridized carbons (Fsp3) is 0.839. The smallest absolute Gasteiger partial charge is 0.457 e. The Morgan fingerprint density at radius 3 is 2.00 bits per heavy atom. The predicted molar refractivity (Wildman–Crippen MR) is 164 cm³/mol. The van der Waals surface area contributed by atoms with Gasteiger partial charge in [-0.25, -0.2) is 4.57 Å². The van der Waals surface area contributed by atoms with Gasteiger partial charge in [0.1, 0.15) is 19.3 Å². The molecule has 1 N–H and O–H groups in total. The van der Waals surface area contributed by atoms with Crippen LogP contribution in [0.15, 0.2) is 24.3 Å². The molecule has 0 aromatic rings. The molecular weight excluding hydrogens is 529 g/mol. The van der Waals surface area contributed by atoms with Crippen LogP contribution in [0.1, 0.15) is 110 Å². The maximum Gasteiger partial charge on any atom is 0.472 e. The molecule has 0 aromatic carbocycles. The van der Waals surface area contributed by atoms with E-state index in [2.05, 4.69) is 31.2 Å². The van der Waals surface area contributed by atoms with Crippen molar-refractivity contribution in [2.75, 3.05) is 54.1 Å². The summed E-state index contributed by atoms with van der Waals surface area (Å²) in [5.74, 6) is -0.355. The topological polar surface area (TPSA) is 91.3 Å². The van der Waals surface area contributed by atoms with Crippen LogP contribution in [0, 0.1) is 0 Å². The SMILES string of the molecule is CCCCC/C=C\C/C=C\CCCCCCCCOCC(COP(=O)(O)OCC[N+](C)(C)C)OC(=O)CCCC. The van der Waals surface area contributed by atoms with Gasteiger partial charge < -0.3 is 18.9 Å². The molecule has 0 aliphatic carbocycles. The molecule has 0 rings (SSSR count). The van der Waals surface area contributed by atoms with Crippen LogP contribution in [0.25, 0.3) is 0 Å². The molecule has 9 heteroatoms. The largest absolute Gasteiger partial charge is 0.472 e. The van der Waals surface area contributed by atoms with Gasteiger partial charge in [0.25, 0.3) is 0 Å². The number of ether oxygens (including phenoxy) is 2. The highest BCUT2D eigenvalue weighted by Gasteiger charge is 2.26. The molecule has 0 bridgehead atoms. The zero-order valence-electron chi connectivity index (χ0n) is 26.3. The third-order valence-corrected chi connectivity index (χ3v) is 7.25. The summed E-state index contributed by atoms with van der Waals surface area (Å²) in [4.78, 5) is 22.1. The minimum Gasteiger partial charge on any atom is -0.457 e. The number of allylic oxidation sites excluding steroid dienone is 4. The van der Waals surface area contributed by atoms with E-state index in [1.165, 1.54) is 51.4 Å². The summed E-state index contributed by atoms with van der Waals surface area (Å²) >= 11 is 0. The van der Waals surface area contributed by atoms with Crippen LogP contribution >= 0.6 is 7.82 Å². The van der Waals surface area contributed by atoms with Crippen molar-refractivity contribution in [3.05, 3.63) is 24.3 Å². The van der Waals surface area contributed by atoms with Crippen molar-refractivity contribution in [3.63, 3.8) is 0 Å². The van der Waals surface area contributed by atoms with Gasteiger partial charge in [0.2, 0.25) is 0 Å². The number of likely N-dealkylation sites (N-methyl/N-ethyl adjacent to an activating group) is 1. The van der Waals surface area contributed by atoms with E-state index in [0.29, 0.717) is 24.1 Å². The molecule has 0 aromatic heterocycles. The average molecular weight is 591 g/mol. The van der Waals surface area contributed by atoms with Crippen LogP contribution in [0.2, 0.25) is 0 Å². The molecule has 0 saturated carbocycles. The Kier molecular flexibility index (Phi) is 25.0. The van der Waals surface area contributed by atoms with E-state index in [-0.39, 0.29) is 25.8 Å². The third-order valence-electron chi connectivity index (χ3n) is 6.27. The van der Waals surface area contributed by atoms with Crippen LogP contribution in [0.5, 0.6) is 0 Å². The van der Waals surface area contributed by atoms with Crippen molar-refractivity contribution in [3.8, 4) is 0 Å². The zero-order chi connectivity index (χ0) is 30.0. The van der Waals surface area contributed by atoms with Crippen molar-refractivity contribution >= 4 is 13.8 Å². The molecule has 0 heterocycles. The van der Waals surface area contributed by atoms with Crippen LogP contribution in [0.4, 0.5) is 0 Å². The predicted octanol–water partition coefficient (Wildman–Crippen LogP) is 7.76. The first kappa shape index (κ1) is 39.0. The Hall–Kier alpha value is -1.02. The monoisotopic (exact) mass is 590 g/mol. The van der Waals surface area contributed by atoms with Gasteiger partial charge in [-0.15, -0.1) is 0 Å². The van der Waals surface area contributed by atoms with Gasteiger partial charge in [0.15, 0.2) is 0 Å². The van der Waals surface area contributed by atoms with Crippen LogP contribution in [-0.4, -0.2) is 75.6 Å². The summed E-state index contributed by atoms with van der Waals surface area (Å²) < 4.78 is 34.2. The first-order valence-electron chi connectivity index (χ1n) is 15.6. The van der Waals surface area contributed by atoms with E-state index < -0.39 is 13.9 Å². The van der Waals surface area contributed by atoms with Gasteiger partial charge >= 0.3 is 13.8 Å². The third kappa shape index (κ3) is 28.5. The molecule has 40 heavy (non-hydrogen) atoms. The van der Waals surface area contributed by atoms with E-state index in [9.17, 15) is 14.3 Å². The van der Waals surface area contributed by atoms with E-state index in [4.69, 9.17) is 18.5 Å². The number of quaternary nitrogens is 1. The second kappa shape index (κ2) is 25.7. The first-order valence-corrected chi connectivity index (χ1v) is 17.1. The molecule has 0 aliphatic heterocycles. The number of unbranched alkanes of at least 4 members (excludes halogenated alkanes) is 10. The molecule has 0 saturated heterocycles. The number of phosphoric acid groups is 1. The van der Waals surface area contributed by atoms with Crippen molar-refractivity contribution < 1.29 is 37.3 Å². The maximum atomic E-state index is 12.2. The number of hydrogen-bond acceptors (Lipinski definition) is 6. The first-order chi connectivity index (χ1) is 19.1. The van der Waals surface area contributed by atoms with Gasteiger partial charge in [-0.1, -0.05) is 83.1 Å². The fourth-order valence-electron chi connectivity index (χ4n) is 3.73. The highest BCUT2D eigenvalue weighted by molar-refractivity contribution is 7.47. The normalized spacial score (nSPS) is 14.7. The molecule has 0 amide bonds. The molecule has 2 unspecified atom stereocenters. The summed E-state index contributed by atoms with van der Waals surface area (Å²) in [5, 5.41) is 0. The Morgan fingerprint density at radius 2 is 1.38 bits per heavy atom. The molecule has 0 aliphatic rings. The van der Waals surface area contributed by atoms with Crippen molar-refractivity contribution in [1.82, 2.24) is 0 Å². The van der Waals surface area contributed by atoms with Crippen LogP contribution in [0.3, 0.4) is 0 Å². The quantitative estimate of drug-likeness (QED) is 0.0327. The Morgan fingerprint density at radius 1 is 0.775 bits per heavy atom. The summed E-state index contributed by atoms with van der Waals surface area (Å²) in [7, 11) is 1.65. The second-order valence-electron chi connectivity index (χ2n) is 11.5. The summed E-state index contributed by atoms with van der Waals surface area (Å²) in [6.07, 6.45) is 24.5. The van der Waals surface area contributed by atoms with E-state index in [1.807, 2.05) is 28.1 Å². The van der Waals surface area contributed by atoms with Crippen LogP contribution in [-0.2, 0) is 27.9 Å². The van der Waals surface area contributed by atoms with E-state index >= 15 is 0 Å². The summed E-state index contributed by atoms with van der Waals surface area (Å²) in [6.45, 7) is 5.30. The number of carbonyl (C=O) groups excluding carboxylic acids is 1. The summed E-state index contributed by atoms with van der Waals surface area (Å²) in [6, 6.07) is 0. The van der Waals surface area contributed by atoms with Gasteiger partial charge in [-0.2, -0.15) is 0 Å². The number of carbonyl (C=O) groups is 1. The lowest BCUT2D eigenvalue weighted by Gasteiger charge is -2.24. The van der Waals surface area contributed by atoms with Gasteiger partial charge in [0.05, 0.1) is 34.4 Å². The molecule has 0 spiro atoms. The summed E-state index contributed by atoms with van der Waals surface area (Å²) in [5.41, 5.74) is 0. The Labute approximate surface area is 245 Å². The second-order valence-corrected chi connectivity index (χ2v) is 12.9. The Balaban J connectivity index is 4.06.